The van der Waals surface area contributed by atoms with E-state index in [1.165, 1.54) is 24.3 Å². The van der Waals surface area contributed by atoms with Crippen LogP contribution in [0.2, 0.25) is 5.02 Å². The van der Waals surface area contributed by atoms with Gasteiger partial charge in [0.1, 0.15) is 10.6 Å². The summed E-state index contributed by atoms with van der Waals surface area (Å²) in [5, 5.41) is 22.3. The molecule has 0 spiro atoms. The summed E-state index contributed by atoms with van der Waals surface area (Å²) in [4.78, 5) is 14.7. The van der Waals surface area contributed by atoms with Crippen LogP contribution >= 0.6 is 11.6 Å². The summed E-state index contributed by atoms with van der Waals surface area (Å²) in [6.45, 7) is 0. The number of aliphatic hydroxyl groups excluding tert-OH is 1. The SMILES string of the molecule is O=C1[C@H](CC[C@H](O)c2ccc(Cl)cc2)[C@@H](c2ccc(-c3ccccc3S(=O)(=O)O)c(O)c2)N1c1ccccc1. The molecule has 1 amide bonds. The van der Waals surface area contributed by atoms with E-state index in [-0.39, 0.29) is 27.7 Å². The van der Waals surface area contributed by atoms with Crippen LogP contribution in [0.25, 0.3) is 11.1 Å². The second-order valence-corrected chi connectivity index (χ2v) is 11.3. The number of para-hydroxylation sites is 1. The van der Waals surface area contributed by atoms with Gasteiger partial charge < -0.3 is 15.1 Å². The van der Waals surface area contributed by atoms with Crippen LogP contribution in [-0.2, 0) is 14.9 Å². The van der Waals surface area contributed by atoms with Crippen LogP contribution in [0.15, 0.2) is 102 Å². The minimum absolute atomic E-state index is 0.0882. The molecule has 5 rings (SSSR count). The maximum atomic E-state index is 13.3. The van der Waals surface area contributed by atoms with Crippen molar-refractivity contribution in [2.45, 2.75) is 29.9 Å². The van der Waals surface area contributed by atoms with Gasteiger partial charge in [-0.3, -0.25) is 9.35 Å². The Morgan fingerprint density at radius 3 is 2.21 bits per heavy atom. The summed E-state index contributed by atoms with van der Waals surface area (Å²) in [5.74, 6) is -0.715. The molecule has 3 N–H and O–H groups in total. The van der Waals surface area contributed by atoms with Gasteiger partial charge in [0.05, 0.1) is 18.1 Å². The minimum Gasteiger partial charge on any atom is -0.507 e. The second-order valence-electron chi connectivity index (χ2n) is 9.49. The Bertz CT molecular complexity index is 1610. The fraction of sp³-hybridized carbons (Fsp3) is 0.167. The minimum atomic E-state index is -4.52. The molecule has 1 heterocycles. The van der Waals surface area contributed by atoms with E-state index in [0.717, 1.165) is 0 Å². The molecule has 9 heteroatoms. The highest BCUT2D eigenvalue weighted by atomic mass is 35.5. The lowest BCUT2D eigenvalue weighted by atomic mass is 9.78. The number of carbonyl (C=O) groups is 1. The topological polar surface area (TPSA) is 115 Å². The Balaban J connectivity index is 1.46. The van der Waals surface area contributed by atoms with Gasteiger partial charge in [-0.25, -0.2) is 0 Å². The molecule has 0 aliphatic carbocycles. The molecule has 0 saturated carbocycles. The highest BCUT2D eigenvalue weighted by molar-refractivity contribution is 7.86. The number of nitrogens with zero attached hydrogens (tertiary/aromatic N) is 1. The molecule has 4 aromatic carbocycles. The first-order valence-corrected chi connectivity index (χ1v) is 14.2. The smallest absolute Gasteiger partial charge is 0.295 e. The first-order valence-electron chi connectivity index (χ1n) is 12.4. The van der Waals surface area contributed by atoms with E-state index >= 15 is 0 Å². The second kappa shape index (κ2) is 10.8. The number of rotatable bonds is 8. The number of benzene rings is 4. The first kappa shape index (κ1) is 26.9. The average molecular weight is 564 g/mol. The molecule has 1 saturated heterocycles. The van der Waals surface area contributed by atoms with Gasteiger partial charge in [-0.15, -0.1) is 0 Å². The van der Waals surface area contributed by atoms with Crippen molar-refractivity contribution in [1.82, 2.24) is 0 Å². The number of carbonyl (C=O) groups excluding carboxylic acids is 1. The summed E-state index contributed by atoms with van der Waals surface area (Å²) in [5.41, 5.74) is 2.48. The van der Waals surface area contributed by atoms with E-state index in [1.807, 2.05) is 30.3 Å². The molecular weight excluding hydrogens is 538 g/mol. The summed E-state index contributed by atoms with van der Waals surface area (Å²) in [6.07, 6.45) is -0.0116. The summed E-state index contributed by atoms with van der Waals surface area (Å²) in [7, 11) is -4.52. The Morgan fingerprint density at radius 2 is 1.54 bits per heavy atom. The van der Waals surface area contributed by atoms with Crippen LogP contribution in [0.5, 0.6) is 5.75 Å². The molecule has 0 bridgehead atoms. The predicted molar refractivity (Wildman–Crippen MR) is 149 cm³/mol. The van der Waals surface area contributed by atoms with Gasteiger partial charge in [-0.05, 0) is 60.4 Å². The maximum Gasteiger partial charge on any atom is 0.295 e. The van der Waals surface area contributed by atoms with E-state index in [0.29, 0.717) is 34.7 Å². The van der Waals surface area contributed by atoms with Crippen molar-refractivity contribution in [3.8, 4) is 16.9 Å². The Hall–Kier alpha value is -3.69. The number of halogens is 1. The van der Waals surface area contributed by atoms with Gasteiger partial charge in [-0.2, -0.15) is 8.42 Å². The molecule has 200 valence electrons. The van der Waals surface area contributed by atoms with Gasteiger partial charge in [0.2, 0.25) is 5.91 Å². The quantitative estimate of drug-likeness (QED) is 0.174. The lowest BCUT2D eigenvalue weighted by Gasteiger charge is -2.48. The molecule has 1 fully saturated rings. The molecule has 0 radical (unpaired) electrons. The zero-order chi connectivity index (χ0) is 27.7. The molecule has 1 aliphatic rings. The molecule has 7 nitrogen and oxygen atoms in total. The van der Waals surface area contributed by atoms with Crippen LogP contribution in [0.1, 0.15) is 36.1 Å². The number of hydrogen-bond donors (Lipinski definition) is 3. The monoisotopic (exact) mass is 563 g/mol. The molecule has 39 heavy (non-hydrogen) atoms. The Labute approximate surface area is 231 Å². The summed E-state index contributed by atoms with van der Waals surface area (Å²) in [6, 6.07) is 26.4. The number of phenols is 1. The number of hydrogen-bond acceptors (Lipinski definition) is 5. The van der Waals surface area contributed by atoms with Crippen molar-refractivity contribution < 1.29 is 28.0 Å². The van der Waals surface area contributed by atoms with Gasteiger partial charge in [0.25, 0.3) is 10.1 Å². The zero-order valence-corrected chi connectivity index (χ0v) is 22.3. The van der Waals surface area contributed by atoms with E-state index in [4.69, 9.17) is 11.6 Å². The van der Waals surface area contributed by atoms with Crippen molar-refractivity contribution in [2.75, 3.05) is 4.90 Å². The third-order valence-electron chi connectivity index (χ3n) is 7.07. The number of aliphatic hydroxyl groups is 1. The Kier molecular flexibility index (Phi) is 7.46. The lowest BCUT2D eigenvalue weighted by Crippen LogP contribution is -2.55. The highest BCUT2D eigenvalue weighted by Crippen LogP contribution is 2.48. The average Bonchev–Trinajstić information content (AvgIpc) is 2.92. The third-order valence-corrected chi connectivity index (χ3v) is 8.24. The fourth-order valence-electron chi connectivity index (χ4n) is 5.15. The lowest BCUT2D eigenvalue weighted by molar-refractivity contribution is -0.131. The Morgan fingerprint density at radius 1 is 0.872 bits per heavy atom. The summed E-state index contributed by atoms with van der Waals surface area (Å²) < 4.78 is 33.4. The largest absolute Gasteiger partial charge is 0.507 e. The van der Waals surface area contributed by atoms with Crippen molar-refractivity contribution >= 4 is 33.3 Å². The maximum absolute atomic E-state index is 13.3. The van der Waals surface area contributed by atoms with Crippen molar-refractivity contribution in [2.24, 2.45) is 5.92 Å². The summed E-state index contributed by atoms with van der Waals surface area (Å²) >= 11 is 5.96. The predicted octanol–water partition coefficient (Wildman–Crippen LogP) is 6.18. The van der Waals surface area contributed by atoms with Gasteiger partial charge >= 0.3 is 0 Å². The van der Waals surface area contributed by atoms with Crippen LogP contribution in [0.3, 0.4) is 0 Å². The van der Waals surface area contributed by atoms with Crippen LogP contribution < -0.4 is 4.90 Å². The third kappa shape index (κ3) is 5.42. The molecular formula is C30H26ClNO6S. The van der Waals surface area contributed by atoms with Crippen LogP contribution in [0.4, 0.5) is 5.69 Å². The van der Waals surface area contributed by atoms with E-state index in [2.05, 4.69) is 0 Å². The number of β-lactam (4-membered cyclic amide) rings is 1. The van der Waals surface area contributed by atoms with Crippen LogP contribution in [-0.4, -0.2) is 29.1 Å². The molecule has 4 aromatic rings. The van der Waals surface area contributed by atoms with Gasteiger partial charge in [-0.1, -0.05) is 72.3 Å². The van der Waals surface area contributed by atoms with E-state index < -0.39 is 28.2 Å². The van der Waals surface area contributed by atoms with E-state index in [1.54, 1.807) is 47.4 Å². The van der Waals surface area contributed by atoms with E-state index in [9.17, 15) is 28.0 Å². The van der Waals surface area contributed by atoms with Gasteiger partial charge in [0.15, 0.2) is 0 Å². The first-order chi connectivity index (χ1) is 18.6. The molecule has 0 aromatic heterocycles. The number of amides is 1. The number of aromatic hydroxyl groups is 1. The zero-order valence-electron chi connectivity index (χ0n) is 20.7. The number of anilines is 1. The van der Waals surface area contributed by atoms with Crippen molar-refractivity contribution in [1.29, 1.82) is 0 Å². The molecule has 0 unspecified atom stereocenters. The fourth-order valence-corrected chi connectivity index (χ4v) is 5.98. The van der Waals surface area contributed by atoms with Gasteiger partial charge in [0, 0.05) is 21.8 Å². The number of phenolic OH excluding ortho intramolecular Hbond substituents is 1. The normalized spacial score (nSPS) is 18.0. The van der Waals surface area contributed by atoms with Crippen molar-refractivity contribution in [3.63, 3.8) is 0 Å². The standard InChI is InChI=1S/C30H26ClNO6S/c31-21-13-10-19(11-14-21)26(33)17-16-25-29(32(30(25)35)22-6-2-1-3-7-22)20-12-15-23(27(34)18-20)24-8-4-5-9-28(24)39(36,37)38/h1-15,18,25-26,29,33-34H,16-17H2,(H,36,37,38)/t25-,26+,29-/m1/s1. The van der Waals surface area contributed by atoms with Crippen LogP contribution in [0, 0.1) is 5.92 Å². The molecule has 3 atom stereocenters. The highest BCUT2D eigenvalue weighted by Gasteiger charge is 2.48. The van der Waals surface area contributed by atoms with Crippen molar-refractivity contribution in [3.05, 3.63) is 113 Å². The molecule has 1 aliphatic heterocycles.